The Morgan fingerprint density at radius 2 is 1.70 bits per heavy atom. The van der Waals surface area contributed by atoms with Gasteiger partial charge < -0.3 is 10.8 Å². The zero-order valence-electron chi connectivity index (χ0n) is 12.6. The fraction of sp³-hybridized carbons (Fsp3) is 0.588. The van der Waals surface area contributed by atoms with Crippen molar-refractivity contribution in [2.75, 3.05) is 0 Å². The monoisotopic (exact) mass is 275 g/mol. The smallest absolute Gasteiger partial charge is 0.323 e. The van der Waals surface area contributed by atoms with Gasteiger partial charge in [-0.15, -0.1) is 0 Å². The molecule has 1 aromatic rings. The SMILES string of the molecule is CC(C)(C)c1ccc(C2CCC(N)(C(=O)O)CC2)cc1. The zero-order chi connectivity index (χ0) is 15.0. The first-order valence-corrected chi connectivity index (χ1v) is 7.35. The van der Waals surface area contributed by atoms with Gasteiger partial charge in [0.25, 0.3) is 0 Å². The standard InChI is InChI=1S/C17H25NO2/c1-16(2,3)14-6-4-12(5-7-14)13-8-10-17(18,11-9-13)15(19)20/h4-7,13H,8-11,18H2,1-3H3,(H,19,20). The number of benzene rings is 1. The maximum atomic E-state index is 11.1. The number of carbonyl (C=O) groups is 1. The Bertz CT molecular complexity index is 477. The van der Waals surface area contributed by atoms with E-state index < -0.39 is 11.5 Å². The zero-order valence-corrected chi connectivity index (χ0v) is 12.6. The number of aliphatic carboxylic acids is 1. The summed E-state index contributed by atoms with van der Waals surface area (Å²) in [5.41, 5.74) is 7.72. The van der Waals surface area contributed by atoms with E-state index in [4.69, 9.17) is 10.8 Å². The Labute approximate surface area is 121 Å². The number of hydrogen-bond donors (Lipinski definition) is 2. The normalized spacial score (nSPS) is 27.3. The van der Waals surface area contributed by atoms with Gasteiger partial charge in [0.1, 0.15) is 5.54 Å². The quantitative estimate of drug-likeness (QED) is 0.869. The van der Waals surface area contributed by atoms with Crippen molar-refractivity contribution in [2.24, 2.45) is 5.73 Å². The van der Waals surface area contributed by atoms with E-state index in [9.17, 15) is 4.79 Å². The molecule has 0 aliphatic heterocycles. The van der Waals surface area contributed by atoms with E-state index in [1.165, 1.54) is 11.1 Å². The minimum atomic E-state index is -1.01. The van der Waals surface area contributed by atoms with Crippen LogP contribution < -0.4 is 5.73 Å². The lowest BCUT2D eigenvalue weighted by Gasteiger charge is -2.34. The van der Waals surface area contributed by atoms with Gasteiger partial charge in [0.05, 0.1) is 0 Å². The van der Waals surface area contributed by atoms with Crippen molar-refractivity contribution in [3.63, 3.8) is 0 Å². The average molecular weight is 275 g/mol. The summed E-state index contributed by atoms with van der Waals surface area (Å²) < 4.78 is 0. The fourth-order valence-corrected chi connectivity index (χ4v) is 2.94. The molecule has 1 aliphatic carbocycles. The largest absolute Gasteiger partial charge is 0.480 e. The van der Waals surface area contributed by atoms with E-state index in [2.05, 4.69) is 45.0 Å². The molecular weight excluding hydrogens is 250 g/mol. The first-order valence-electron chi connectivity index (χ1n) is 7.35. The van der Waals surface area contributed by atoms with Crippen molar-refractivity contribution in [1.29, 1.82) is 0 Å². The molecule has 0 unspecified atom stereocenters. The van der Waals surface area contributed by atoms with Crippen LogP contribution in [0.25, 0.3) is 0 Å². The van der Waals surface area contributed by atoms with Gasteiger partial charge in [-0.1, -0.05) is 45.0 Å². The van der Waals surface area contributed by atoms with E-state index in [1.807, 2.05) is 0 Å². The van der Waals surface area contributed by atoms with Crippen LogP contribution in [-0.4, -0.2) is 16.6 Å². The van der Waals surface area contributed by atoms with Crippen LogP contribution in [0.1, 0.15) is 63.5 Å². The van der Waals surface area contributed by atoms with Crippen molar-refractivity contribution in [2.45, 2.75) is 63.3 Å². The minimum Gasteiger partial charge on any atom is -0.480 e. The van der Waals surface area contributed by atoms with Gasteiger partial charge in [-0.25, -0.2) is 0 Å². The van der Waals surface area contributed by atoms with Gasteiger partial charge in [0.15, 0.2) is 0 Å². The third kappa shape index (κ3) is 3.04. The number of carboxylic acids is 1. The van der Waals surface area contributed by atoms with Crippen LogP contribution in [-0.2, 0) is 10.2 Å². The second kappa shape index (κ2) is 5.21. The number of hydrogen-bond acceptors (Lipinski definition) is 2. The summed E-state index contributed by atoms with van der Waals surface area (Å²) in [5, 5.41) is 9.16. The van der Waals surface area contributed by atoms with E-state index in [-0.39, 0.29) is 5.41 Å². The van der Waals surface area contributed by atoms with Crippen LogP contribution in [0.4, 0.5) is 0 Å². The first kappa shape index (κ1) is 15.0. The third-order valence-corrected chi connectivity index (χ3v) is 4.55. The van der Waals surface area contributed by atoms with Crippen molar-refractivity contribution in [3.05, 3.63) is 35.4 Å². The van der Waals surface area contributed by atoms with E-state index >= 15 is 0 Å². The Hall–Kier alpha value is -1.35. The lowest BCUT2D eigenvalue weighted by molar-refractivity contribution is -0.144. The number of rotatable bonds is 2. The second-order valence-corrected chi connectivity index (χ2v) is 7.11. The van der Waals surface area contributed by atoms with Gasteiger partial charge in [-0.3, -0.25) is 4.79 Å². The van der Waals surface area contributed by atoms with Gasteiger partial charge in [0, 0.05) is 0 Å². The van der Waals surface area contributed by atoms with Crippen molar-refractivity contribution in [1.82, 2.24) is 0 Å². The van der Waals surface area contributed by atoms with Crippen LogP contribution in [0.5, 0.6) is 0 Å². The van der Waals surface area contributed by atoms with Crippen LogP contribution >= 0.6 is 0 Å². The molecule has 1 saturated carbocycles. The molecule has 3 heteroatoms. The highest BCUT2D eigenvalue weighted by molar-refractivity contribution is 5.78. The van der Waals surface area contributed by atoms with Gasteiger partial charge >= 0.3 is 5.97 Å². The summed E-state index contributed by atoms with van der Waals surface area (Å²) in [6.45, 7) is 6.62. The van der Waals surface area contributed by atoms with Gasteiger partial charge in [-0.05, 0) is 48.1 Å². The van der Waals surface area contributed by atoms with Gasteiger partial charge in [0.2, 0.25) is 0 Å². The fourth-order valence-electron chi connectivity index (χ4n) is 2.94. The summed E-state index contributed by atoms with van der Waals surface area (Å²) in [5.74, 6) is -0.418. The predicted octanol–water partition coefficient (Wildman–Crippen LogP) is 3.42. The molecule has 110 valence electrons. The predicted molar refractivity (Wildman–Crippen MR) is 80.9 cm³/mol. The highest BCUT2D eigenvalue weighted by atomic mass is 16.4. The molecule has 0 amide bonds. The molecule has 2 rings (SSSR count). The molecule has 0 heterocycles. The summed E-state index contributed by atoms with van der Waals surface area (Å²) in [7, 11) is 0. The van der Waals surface area contributed by atoms with Crippen molar-refractivity contribution < 1.29 is 9.90 Å². The molecule has 0 aromatic heterocycles. The molecular formula is C17H25NO2. The maximum absolute atomic E-state index is 11.1. The molecule has 0 spiro atoms. The van der Waals surface area contributed by atoms with Crippen molar-refractivity contribution in [3.8, 4) is 0 Å². The highest BCUT2D eigenvalue weighted by Crippen LogP contribution is 2.37. The average Bonchev–Trinajstić information content (AvgIpc) is 2.38. The molecule has 0 atom stereocenters. The summed E-state index contributed by atoms with van der Waals surface area (Å²) in [6, 6.07) is 8.76. The van der Waals surface area contributed by atoms with E-state index in [0.29, 0.717) is 18.8 Å². The number of carboxylic acid groups (broad SMARTS) is 1. The Morgan fingerprint density at radius 3 is 2.10 bits per heavy atom. The Kier molecular flexibility index (Phi) is 3.92. The topological polar surface area (TPSA) is 63.3 Å². The third-order valence-electron chi connectivity index (χ3n) is 4.55. The summed E-state index contributed by atoms with van der Waals surface area (Å²) >= 11 is 0. The Morgan fingerprint density at radius 1 is 1.20 bits per heavy atom. The van der Waals surface area contributed by atoms with Crippen LogP contribution in [0, 0.1) is 0 Å². The first-order chi connectivity index (χ1) is 9.22. The van der Waals surface area contributed by atoms with Gasteiger partial charge in [-0.2, -0.15) is 0 Å². The van der Waals surface area contributed by atoms with E-state index in [0.717, 1.165) is 12.8 Å². The molecule has 1 aromatic carbocycles. The molecule has 0 bridgehead atoms. The molecule has 0 saturated heterocycles. The summed E-state index contributed by atoms with van der Waals surface area (Å²) in [4.78, 5) is 11.1. The molecule has 1 fully saturated rings. The maximum Gasteiger partial charge on any atom is 0.323 e. The molecule has 3 N–H and O–H groups in total. The summed E-state index contributed by atoms with van der Waals surface area (Å²) in [6.07, 6.45) is 2.84. The Balaban J connectivity index is 2.06. The lowest BCUT2D eigenvalue weighted by atomic mass is 9.74. The van der Waals surface area contributed by atoms with Crippen LogP contribution in [0.2, 0.25) is 0 Å². The lowest BCUT2D eigenvalue weighted by Crippen LogP contribution is -2.50. The highest BCUT2D eigenvalue weighted by Gasteiger charge is 2.38. The second-order valence-electron chi connectivity index (χ2n) is 7.11. The number of nitrogens with two attached hydrogens (primary N) is 1. The van der Waals surface area contributed by atoms with Crippen molar-refractivity contribution >= 4 is 5.97 Å². The molecule has 1 aliphatic rings. The minimum absolute atomic E-state index is 0.167. The van der Waals surface area contributed by atoms with Crippen LogP contribution in [0.15, 0.2) is 24.3 Å². The van der Waals surface area contributed by atoms with Crippen LogP contribution in [0.3, 0.4) is 0 Å². The van der Waals surface area contributed by atoms with E-state index in [1.54, 1.807) is 0 Å². The molecule has 0 radical (unpaired) electrons. The molecule has 20 heavy (non-hydrogen) atoms. The molecule has 3 nitrogen and oxygen atoms in total.